The number of amides is 1. The maximum Gasteiger partial charge on any atom is 0.412 e. The second-order valence-corrected chi connectivity index (χ2v) is 11.1. The van der Waals surface area contributed by atoms with Crippen LogP contribution < -0.4 is 5.32 Å². The molecular weight excluding hydrogens is 520 g/mol. The molecule has 0 saturated heterocycles. The number of carbonyl (C=O) groups excluding carboxylic acids is 2. The summed E-state index contributed by atoms with van der Waals surface area (Å²) in [5.74, 6) is 0. The standard InChI is InChI=1S/C33H28N2O4S/c1-21-18-28-29(35-32(37)39-22(2)23-6-4-3-5-7-23)30(40-31(28)34-19-21)26-10-8-24(9-11-26)25-12-14-27(15-13-25)33(16-17-33)38-20-36/h3-15,18-20,22H,16-17H2,1-2H3,(H,35,37)/t22-/m1/s1. The highest BCUT2D eigenvalue weighted by Crippen LogP contribution is 2.49. The van der Waals surface area contributed by atoms with E-state index in [1.54, 1.807) is 0 Å². The number of pyridine rings is 1. The van der Waals surface area contributed by atoms with Gasteiger partial charge >= 0.3 is 6.09 Å². The summed E-state index contributed by atoms with van der Waals surface area (Å²) in [5.41, 5.74) is 6.33. The van der Waals surface area contributed by atoms with Crippen LogP contribution in [-0.2, 0) is 19.9 Å². The summed E-state index contributed by atoms with van der Waals surface area (Å²) in [6.07, 6.45) is 2.65. The molecule has 3 aromatic carbocycles. The van der Waals surface area contributed by atoms with Crippen molar-refractivity contribution in [2.45, 2.75) is 38.4 Å². The second-order valence-electron chi connectivity index (χ2n) is 10.1. The molecule has 1 aliphatic carbocycles. The molecule has 7 heteroatoms. The number of aromatic nitrogens is 1. The summed E-state index contributed by atoms with van der Waals surface area (Å²) in [7, 11) is 0. The quantitative estimate of drug-likeness (QED) is 0.197. The van der Waals surface area contributed by atoms with E-state index in [0.29, 0.717) is 12.2 Å². The van der Waals surface area contributed by atoms with E-state index in [2.05, 4.69) is 46.7 Å². The number of thiophene rings is 1. The minimum absolute atomic E-state index is 0.389. The largest absolute Gasteiger partial charge is 0.456 e. The van der Waals surface area contributed by atoms with Crippen LogP contribution >= 0.6 is 11.3 Å². The van der Waals surface area contributed by atoms with E-state index in [4.69, 9.17) is 9.47 Å². The molecule has 1 amide bonds. The second kappa shape index (κ2) is 10.6. The molecule has 40 heavy (non-hydrogen) atoms. The molecule has 1 saturated carbocycles. The first-order valence-electron chi connectivity index (χ1n) is 13.2. The van der Waals surface area contributed by atoms with Crippen molar-refractivity contribution < 1.29 is 19.1 Å². The molecule has 1 aliphatic rings. The summed E-state index contributed by atoms with van der Waals surface area (Å²) in [5, 5.41) is 3.90. The zero-order valence-corrected chi connectivity index (χ0v) is 23.0. The van der Waals surface area contributed by atoms with Crippen LogP contribution in [0.25, 0.3) is 31.8 Å². The number of aryl methyl sites for hydroxylation is 1. The maximum atomic E-state index is 13.0. The van der Waals surface area contributed by atoms with Gasteiger partial charge in [-0.1, -0.05) is 78.9 Å². The van der Waals surface area contributed by atoms with Crippen LogP contribution in [0.3, 0.4) is 0 Å². The van der Waals surface area contributed by atoms with Crippen molar-refractivity contribution in [2.24, 2.45) is 0 Å². The molecule has 6 rings (SSSR count). The molecule has 1 N–H and O–H groups in total. The zero-order chi connectivity index (χ0) is 27.7. The molecular formula is C33H28N2O4S. The third-order valence-electron chi connectivity index (χ3n) is 7.33. The number of nitrogens with one attached hydrogen (secondary N) is 1. The molecule has 200 valence electrons. The van der Waals surface area contributed by atoms with Gasteiger partial charge < -0.3 is 9.47 Å². The lowest BCUT2D eigenvalue weighted by atomic mass is 9.99. The molecule has 6 nitrogen and oxygen atoms in total. The van der Waals surface area contributed by atoms with Crippen LogP contribution in [0.5, 0.6) is 0 Å². The Morgan fingerprint density at radius 3 is 2.27 bits per heavy atom. The number of anilines is 1. The first-order valence-corrected chi connectivity index (χ1v) is 14.0. The summed E-state index contributed by atoms with van der Waals surface area (Å²) in [6.45, 7) is 4.38. The van der Waals surface area contributed by atoms with Crippen molar-refractivity contribution in [3.05, 3.63) is 108 Å². The van der Waals surface area contributed by atoms with Crippen LogP contribution in [0.2, 0.25) is 0 Å². The zero-order valence-electron chi connectivity index (χ0n) is 22.2. The highest BCUT2D eigenvalue weighted by Gasteiger charge is 2.46. The third kappa shape index (κ3) is 5.08. The lowest BCUT2D eigenvalue weighted by Gasteiger charge is -2.15. The predicted molar refractivity (Wildman–Crippen MR) is 158 cm³/mol. The van der Waals surface area contributed by atoms with E-state index < -0.39 is 11.7 Å². The van der Waals surface area contributed by atoms with Gasteiger partial charge in [0.05, 0.1) is 10.6 Å². The van der Waals surface area contributed by atoms with Gasteiger partial charge in [0, 0.05) is 11.6 Å². The predicted octanol–water partition coefficient (Wildman–Crippen LogP) is 8.41. The van der Waals surface area contributed by atoms with Gasteiger partial charge in [0.15, 0.2) is 0 Å². The fourth-order valence-electron chi connectivity index (χ4n) is 4.96. The van der Waals surface area contributed by atoms with Crippen molar-refractivity contribution in [3.8, 4) is 21.6 Å². The molecule has 5 aromatic rings. The number of nitrogens with zero attached hydrogens (tertiary/aromatic N) is 1. The normalized spacial score (nSPS) is 14.3. The van der Waals surface area contributed by atoms with Crippen LogP contribution in [0.15, 0.2) is 91.1 Å². The van der Waals surface area contributed by atoms with Gasteiger partial charge in [-0.2, -0.15) is 0 Å². The topological polar surface area (TPSA) is 77.5 Å². The molecule has 1 atom stereocenters. The monoisotopic (exact) mass is 548 g/mol. The molecule has 0 bridgehead atoms. The van der Waals surface area contributed by atoms with E-state index in [-0.39, 0.29) is 6.10 Å². The fraction of sp³-hybridized carbons (Fsp3) is 0.182. The molecule has 1 fully saturated rings. The Balaban J connectivity index is 1.27. The lowest BCUT2D eigenvalue weighted by Crippen LogP contribution is -2.16. The van der Waals surface area contributed by atoms with Gasteiger partial charge in [-0.25, -0.2) is 9.78 Å². The summed E-state index contributed by atoms with van der Waals surface area (Å²) < 4.78 is 11.0. The van der Waals surface area contributed by atoms with Gasteiger partial charge in [-0.05, 0) is 66.1 Å². The Kier molecular flexibility index (Phi) is 6.82. The highest BCUT2D eigenvalue weighted by molar-refractivity contribution is 7.22. The molecule has 0 spiro atoms. The Morgan fingerprint density at radius 2 is 1.62 bits per heavy atom. The minimum atomic E-state index is -0.512. The Hall–Kier alpha value is -4.49. The van der Waals surface area contributed by atoms with E-state index in [9.17, 15) is 9.59 Å². The van der Waals surface area contributed by atoms with E-state index in [0.717, 1.165) is 61.3 Å². The van der Waals surface area contributed by atoms with Crippen molar-refractivity contribution in [1.29, 1.82) is 0 Å². The number of carbonyl (C=O) groups is 2. The fourth-order valence-corrected chi connectivity index (χ4v) is 6.05. The number of hydrogen-bond acceptors (Lipinski definition) is 6. The van der Waals surface area contributed by atoms with E-state index >= 15 is 0 Å². The van der Waals surface area contributed by atoms with E-state index in [1.165, 1.54) is 11.3 Å². The SMILES string of the molecule is Cc1cnc2sc(-c3ccc(-c4ccc(C5(OC=O)CC5)cc4)cc3)c(NC(=O)O[C@H](C)c3ccccc3)c2c1. The van der Waals surface area contributed by atoms with Gasteiger partial charge in [-0.3, -0.25) is 10.1 Å². The number of ether oxygens (including phenoxy) is 2. The van der Waals surface area contributed by atoms with Crippen LogP contribution in [-0.4, -0.2) is 17.5 Å². The number of fused-ring (bicyclic) bond motifs is 1. The number of hydrogen-bond donors (Lipinski definition) is 1. The summed E-state index contributed by atoms with van der Waals surface area (Å²) in [4.78, 5) is 30.3. The Labute approximate surface area is 236 Å². The van der Waals surface area contributed by atoms with Crippen molar-refractivity contribution >= 4 is 39.8 Å². The Morgan fingerprint density at radius 1 is 0.975 bits per heavy atom. The van der Waals surface area contributed by atoms with Crippen molar-refractivity contribution in [1.82, 2.24) is 4.98 Å². The van der Waals surface area contributed by atoms with Gasteiger partial charge in [0.2, 0.25) is 0 Å². The van der Waals surface area contributed by atoms with Crippen molar-refractivity contribution in [3.63, 3.8) is 0 Å². The summed E-state index contributed by atoms with van der Waals surface area (Å²) in [6, 6.07) is 28.1. The number of benzene rings is 3. The van der Waals surface area contributed by atoms with Crippen LogP contribution in [0, 0.1) is 6.92 Å². The maximum absolute atomic E-state index is 13.0. The smallest absolute Gasteiger partial charge is 0.412 e. The van der Waals surface area contributed by atoms with Gasteiger partial charge in [0.25, 0.3) is 6.47 Å². The Bertz CT molecular complexity index is 1670. The minimum Gasteiger partial charge on any atom is -0.456 e. The highest BCUT2D eigenvalue weighted by atomic mass is 32.1. The molecule has 0 unspecified atom stereocenters. The first-order chi connectivity index (χ1) is 19.5. The third-order valence-corrected chi connectivity index (χ3v) is 8.49. The summed E-state index contributed by atoms with van der Waals surface area (Å²) >= 11 is 1.54. The van der Waals surface area contributed by atoms with Gasteiger partial charge in [-0.15, -0.1) is 11.3 Å². The van der Waals surface area contributed by atoms with Crippen LogP contribution in [0.1, 0.15) is 42.6 Å². The lowest BCUT2D eigenvalue weighted by molar-refractivity contribution is -0.136. The average Bonchev–Trinajstić information content (AvgIpc) is 3.69. The first kappa shape index (κ1) is 25.8. The van der Waals surface area contributed by atoms with Gasteiger partial charge in [0.1, 0.15) is 16.5 Å². The molecule has 2 aromatic heterocycles. The number of rotatable bonds is 8. The van der Waals surface area contributed by atoms with Crippen LogP contribution in [0.4, 0.5) is 10.5 Å². The average molecular weight is 549 g/mol. The molecule has 2 heterocycles. The van der Waals surface area contributed by atoms with E-state index in [1.807, 2.05) is 68.6 Å². The molecule has 0 radical (unpaired) electrons. The van der Waals surface area contributed by atoms with Crippen molar-refractivity contribution in [2.75, 3.05) is 5.32 Å². The molecule has 0 aliphatic heterocycles.